The molecule has 3 N–H and O–H groups in total. The Bertz CT molecular complexity index is 179. The monoisotopic (exact) mass is 216 g/mol. The molecule has 4 heteroatoms. The highest BCUT2D eigenvalue weighted by atomic mass is 16.3. The molecule has 4 nitrogen and oxygen atoms in total. The molecule has 1 fully saturated rings. The average Bonchev–Trinajstić information content (AvgIpc) is 2.23. The van der Waals surface area contributed by atoms with Crippen LogP contribution in [0, 0.1) is 5.41 Å². The third kappa shape index (κ3) is 4.47. The first-order valence-electron chi connectivity index (χ1n) is 5.74. The summed E-state index contributed by atoms with van der Waals surface area (Å²) in [6.45, 7) is 5.85. The molecule has 90 valence electrons. The quantitative estimate of drug-likeness (QED) is 0.588. The topological polar surface area (TPSA) is 55.7 Å². The van der Waals surface area contributed by atoms with Gasteiger partial charge in [-0.1, -0.05) is 6.92 Å². The van der Waals surface area contributed by atoms with Crippen LogP contribution in [-0.2, 0) is 0 Å². The zero-order chi connectivity index (χ0) is 11.3. The lowest BCUT2D eigenvalue weighted by atomic mass is 9.80. The first-order valence-corrected chi connectivity index (χ1v) is 5.74. The average molecular weight is 216 g/mol. The van der Waals surface area contributed by atoms with E-state index in [2.05, 4.69) is 24.2 Å². The SMILES string of the molecule is CN1CCC(C)(CNC[C@H](O)CO)CC1. The van der Waals surface area contributed by atoms with Gasteiger partial charge < -0.3 is 20.4 Å². The molecular weight excluding hydrogens is 192 g/mol. The smallest absolute Gasteiger partial charge is 0.0894 e. The molecule has 0 spiro atoms. The van der Waals surface area contributed by atoms with Crippen molar-refractivity contribution in [2.45, 2.75) is 25.9 Å². The van der Waals surface area contributed by atoms with Crippen LogP contribution in [0.15, 0.2) is 0 Å². The number of aliphatic hydroxyl groups is 2. The van der Waals surface area contributed by atoms with Gasteiger partial charge in [-0.2, -0.15) is 0 Å². The number of hydrogen-bond acceptors (Lipinski definition) is 4. The Kier molecular flexibility index (Phi) is 4.99. The minimum absolute atomic E-state index is 0.160. The Labute approximate surface area is 92.3 Å². The van der Waals surface area contributed by atoms with Crippen LogP contribution in [-0.4, -0.2) is 61.1 Å². The van der Waals surface area contributed by atoms with Crippen molar-refractivity contribution >= 4 is 0 Å². The number of hydrogen-bond donors (Lipinski definition) is 3. The molecule has 0 aliphatic carbocycles. The van der Waals surface area contributed by atoms with Gasteiger partial charge in [0.15, 0.2) is 0 Å². The summed E-state index contributed by atoms with van der Waals surface area (Å²) in [7, 11) is 2.16. The fourth-order valence-electron chi connectivity index (χ4n) is 1.94. The summed E-state index contributed by atoms with van der Waals surface area (Å²) >= 11 is 0. The molecule has 1 atom stereocenters. The first kappa shape index (κ1) is 12.9. The van der Waals surface area contributed by atoms with Crippen LogP contribution in [0.1, 0.15) is 19.8 Å². The Balaban J connectivity index is 2.19. The van der Waals surface area contributed by atoms with Gasteiger partial charge in [0.1, 0.15) is 0 Å². The molecule has 0 bridgehead atoms. The molecule has 0 radical (unpaired) electrons. The number of piperidine rings is 1. The molecule has 1 rings (SSSR count). The number of nitrogens with one attached hydrogen (secondary N) is 1. The van der Waals surface area contributed by atoms with Crippen LogP contribution in [0.25, 0.3) is 0 Å². The largest absolute Gasteiger partial charge is 0.394 e. The summed E-state index contributed by atoms with van der Waals surface area (Å²) in [4.78, 5) is 2.35. The van der Waals surface area contributed by atoms with Gasteiger partial charge >= 0.3 is 0 Å². The summed E-state index contributed by atoms with van der Waals surface area (Å²) in [5.41, 5.74) is 0.349. The van der Waals surface area contributed by atoms with Gasteiger partial charge in [0.25, 0.3) is 0 Å². The van der Waals surface area contributed by atoms with Gasteiger partial charge in [-0.3, -0.25) is 0 Å². The van der Waals surface area contributed by atoms with Gasteiger partial charge in [0.2, 0.25) is 0 Å². The van der Waals surface area contributed by atoms with Crippen molar-refractivity contribution in [2.24, 2.45) is 5.41 Å². The molecule has 1 heterocycles. The van der Waals surface area contributed by atoms with Gasteiger partial charge in [0, 0.05) is 13.1 Å². The standard InChI is InChI=1S/C11H24N2O2/c1-11(3-5-13(2)6-4-11)9-12-7-10(15)8-14/h10,12,14-15H,3-9H2,1-2H3/t10-/m0/s1. The second-order valence-electron chi connectivity index (χ2n) is 5.08. The van der Waals surface area contributed by atoms with E-state index in [4.69, 9.17) is 5.11 Å². The first-order chi connectivity index (χ1) is 7.06. The summed E-state index contributed by atoms with van der Waals surface area (Å²) in [6.07, 6.45) is 1.78. The Hall–Kier alpha value is -0.160. The molecule has 0 amide bonds. The van der Waals surface area contributed by atoms with E-state index in [1.807, 2.05) is 0 Å². The minimum atomic E-state index is -0.625. The van der Waals surface area contributed by atoms with E-state index in [9.17, 15) is 5.11 Å². The van der Waals surface area contributed by atoms with E-state index in [0.717, 1.165) is 19.6 Å². The maximum Gasteiger partial charge on any atom is 0.0894 e. The number of aliphatic hydroxyl groups excluding tert-OH is 2. The van der Waals surface area contributed by atoms with E-state index in [0.29, 0.717) is 12.0 Å². The molecule has 0 aromatic heterocycles. The molecule has 1 saturated heterocycles. The van der Waals surface area contributed by atoms with E-state index in [1.54, 1.807) is 0 Å². The normalized spacial score (nSPS) is 24.0. The van der Waals surface area contributed by atoms with E-state index >= 15 is 0 Å². The summed E-state index contributed by atoms with van der Waals surface area (Å²) in [5, 5.41) is 21.1. The molecule has 1 aliphatic rings. The zero-order valence-corrected chi connectivity index (χ0v) is 9.87. The van der Waals surface area contributed by atoms with Gasteiger partial charge in [-0.05, 0) is 38.4 Å². The molecule has 0 aromatic carbocycles. The molecule has 15 heavy (non-hydrogen) atoms. The fraction of sp³-hybridized carbons (Fsp3) is 1.00. The van der Waals surface area contributed by atoms with Gasteiger partial charge in [-0.15, -0.1) is 0 Å². The van der Waals surface area contributed by atoms with Crippen molar-refractivity contribution in [3.8, 4) is 0 Å². The van der Waals surface area contributed by atoms with Crippen LogP contribution >= 0.6 is 0 Å². The van der Waals surface area contributed by atoms with Crippen molar-refractivity contribution < 1.29 is 10.2 Å². The summed E-state index contributed by atoms with van der Waals surface area (Å²) in [5.74, 6) is 0. The Morgan fingerprint density at radius 2 is 2.00 bits per heavy atom. The number of rotatable bonds is 5. The van der Waals surface area contributed by atoms with Crippen LogP contribution in [0.2, 0.25) is 0 Å². The zero-order valence-electron chi connectivity index (χ0n) is 9.87. The predicted molar refractivity (Wildman–Crippen MR) is 60.8 cm³/mol. The molecule has 0 saturated carbocycles. The van der Waals surface area contributed by atoms with E-state index in [-0.39, 0.29) is 6.61 Å². The molecule has 0 aromatic rings. The molecule has 1 aliphatic heterocycles. The lowest BCUT2D eigenvalue weighted by Gasteiger charge is -2.38. The Morgan fingerprint density at radius 3 is 2.53 bits per heavy atom. The number of likely N-dealkylation sites (tertiary alicyclic amines) is 1. The Morgan fingerprint density at radius 1 is 1.40 bits per heavy atom. The van der Waals surface area contributed by atoms with Crippen LogP contribution in [0.3, 0.4) is 0 Å². The second-order valence-corrected chi connectivity index (χ2v) is 5.08. The van der Waals surface area contributed by atoms with Crippen LogP contribution in [0.4, 0.5) is 0 Å². The van der Waals surface area contributed by atoms with E-state index in [1.165, 1.54) is 12.8 Å². The van der Waals surface area contributed by atoms with Crippen LogP contribution in [0.5, 0.6) is 0 Å². The molecular formula is C11H24N2O2. The highest BCUT2D eigenvalue weighted by Crippen LogP contribution is 2.29. The third-order valence-corrected chi connectivity index (χ3v) is 3.34. The summed E-state index contributed by atoms with van der Waals surface area (Å²) < 4.78 is 0. The van der Waals surface area contributed by atoms with Crippen LogP contribution < -0.4 is 5.32 Å². The third-order valence-electron chi connectivity index (χ3n) is 3.34. The highest BCUT2D eigenvalue weighted by Gasteiger charge is 2.28. The predicted octanol–water partition coefficient (Wildman–Crippen LogP) is -0.339. The lowest BCUT2D eigenvalue weighted by Crippen LogP contribution is -2.43. The van der Waals surface area contributed by atoms with Crippen molar-refractivity contribution in [3.63, 3.8) is 0 Å². The van der Waals surface area contributed by atoms with Crippen molar-refractivity contribution in [1.82, 2.24) is 10.2 Å². The maximum absolute atomic E-state index is 9.19. The van der Waals surface area contributed by atoms with Gasteiger partial charge in [0.05, 0.1) is 12.7 Å². The summed E-state index contributed by atoms with van der Waals surface area (Å²) in [6, 6.07) is 0. The van der Waals surface area contributed by atoms with Crippen molar-refractivity contribution in [2.75, 3.05) is 39.8 Å². The van der Waals surface area contributed by atoms with Crippen molar-refractivity contribution in [3.05, 3.63) is 0 Å². The fourth-order valence-corrected chi connectivity index (χ4v) is 1.94. The van der Waals surface area contributed by atoms with Gasteiger partial charge in [-0.25, -0.2) is 0 Å². The van der Waals surface area contributed by atoms with Crippen molar-refractivity contribution in [1.29, 1.82) is 0 Å². The van der Waals surface area contributed by atoms with E-state index < -0.39 is 6.10 Å². The lowest BCUT2D eigenvalue weighted by molar-refractivity contribution is 0.0853. The minimum Gasteiger partial charge on any atom is -0.394 e. The highest BCUT2D eigenvalue weighted by molar-refractivity contribution is 4.83. The number of nitrogens with zero attached hydrogens (tertiary/aromatic N) is 1. The second kappa shape index (κ2) is 5.80. The maximum atomic E-state index is 9.19. The molecule has 0 unspecified atom stereocenters.